The summed E-state index contributed by atoms with van der Waals surface area (Å²) in [6.07, 6.45) is 3.93. The first-order valence-electron chi connectivity index (χ1n) is 9.14. The van der Waals surface area contributed by atoms with Gasteiger partial charge in [0, 0.05) is 19.9 Å². The fourth-order valence-corrected chi connectivity index (χ4v) is 3.98. The van der Waals surface area contributed by atoms with Gasteiger partial charge in [0.15, 0.2) is 5.82 Å². The number of carbonyl (C=O) groups excluding carboxylic acids is 1. The molecule has 1 fully saturated rings. The van der Waals surface area contributed by atoms with E-state index in [1.807, 2.05) is 25.2 Å². The summed E-state index contributed by atoms with van der Waals surface area (Å²) in [6, 6.07) is 9.98. The van der Waals surface area contributed by atoms with Crippen molar-refractivity contribution in [1.29, 1.82) is 0 Å². The van der Waals surface area contributed by atoms with Crippen molar-refractivity contribution in [2.75, 3.05) is 20.1 Å². The van der Waals surface area contributed by atoms with E-state index in [2.05, 4.69) is 32.2 Å². The first-order valence-corrected chi connectivity index (χ1v) is 9.14. The van der Waals surface area contributed by atoms with Gasteiger partial charge in [0.05, 0.1) is 6.54 Å². The van der Waals surface area contributed by atoms with Crippen LogP contribution in [0.25, 0.3) is 0 Å². The molecule has 1 N–H and O–H groups in total. The predicted molar refractivity (Wildman–Crippen MR) is 95.0 cm³/mol. The average Bonchev–Trinajstić information content (AvgIpc) is 3.03. The van der Waals surface area contributed by atoms with Crippen LogP contribution in [-0.2, 0) is 24.2 Å². The van der Waals surface area contributed by atoms with E-state index in [9.17, 15) is 4.79 Å². The standard InChI is InChI=1S/C19H25N5O/c1-23-13-18-22-21-17(12-15-7-9-20-10-8-15)24(18)16(19(23)25)11-14-5-3-2-4-6-14/h2-6,15-16,20H,7-13H2,1H3/t16-/m1/s1. The van der Waals surface area contributed by atoms with Crippen molar-refractivity contribution in [1.82, 2.24) is 25.0 Å². The van der Waals surface area contributed by atoms with Crippen molar-refractivity contribution < 1.29 is 4.79 Å². The summed E-state index contributed by atoms with van der Waals surface area (Å²) in [5.41, 5.74) is 1.17. The summed E-state index contributed by atoms with van der Waals surface area (Å²) in [7, 11) is 1.85. The molecule has 3 heterocycles. The summed E-state index contributed by atoms with van der Waals surface area (Å²) < 4.78 is 2.12. The van der Waals surface area contributed by atoms with Crippen LogP contribution < -0.4 is 5.32 Å². The van der Waals surface area contributed by atoms with Crippen molar-refractivity contribution in [3.8, 4) is 0 Å². The van der Waals surface area contributed by atoms with E-state index >= 15 is 0 Å². The molecule has 0 saturated carbocycles. The van der Waals surface area contributed by atoms with Crippen LogP contribution in [0.2, 0.25) is 0 Å². The van der Waals surface area contributed by atoms with Crippen molar-refractivity contribution >= 4 is 5.91 Å². The SMILES string of the molecule is CN1Cc2nnc(CC3CCNCC3)n2[C@H](Cc2ccccc2)C1=O. The molecule has 2 aliphatic heterocycles. The number of benzene rings is 1. The molecule has 0 spiro atoms. The minimum Gasteiger partial charge on any atom is -0.336 e. The molecule has 1 atom stereocenters. The third kappa shape index (κ3) is 3.31. The van der Waals surface area contributed by atoms with E-state index in [-0.39, 0.29) is 11.9 Å². The maximum absolute atomic E-state index is 12.9. The largest absolute Gasteiger partial charge is 0.336 e. The second-order valence-corrected chi connectivity index (χ2v) is 7.20. The zero-order chi connectivity index (χ0) is 17.2. The summed E-state index contributed by atoms with van der Waals surface area (Å²) in [6.45, 7) is 2.69. The highest BCUT2D eigenvalue weighted by molar-refractivity contribution is 5.81. The first-order chi connectivity index (χ1) is 12.2. The average molecular weight is 339 g/mol. The predicted octanol–water partition coefficient (Wildman–Crippen LogP) is 1.58. The van der Waals surface area contributed by atoms with Gasteiger partial charge in [-0.2, -0.15) is 0 Å². The zero-order valence-corrected chi connectivity index (χ0v) is 14.7. The molecule has 25 heavy (non-hydrogen) atoms. The fraction of sp³-hybridized carbons (Fsp3) is 0.526. The number of hydrogen-bond donors (Lipinski definition) is 1. The molecule has 2 aromatic rings. The number of carbonyl (C=O) groups is 1. The van der Waals surface area contributed by atoms with Crippen molar-refractivity contribution in [2.24, 2.45) is 5.92 Å². The number of likely N-dealkylation sites (N-methyl/N-ethyl adjacent to an activating group) is 1. The Balaban J connectivity index is 1.63. The third-order valence-corrected chi connectivity index (χ3v) is 5.39. The smallest absolute Gasteiger partial charge is 0.246 e. The second kappa shape index (κ2) is 6.96. The van der Waals surface area contributed by atoms with Crippen molar-refractivity contribution in [3.05, 3.63) is 47.5 Å². The van der Waals surface area contributed by atoms with Crippen LogP contribution in [-0.4, -0.2) is 45.7 Å². The van der Waals surface area contributed by atoms with Crippen molar-refractivity contribution in [3.63, 3.8) is 0 Å². The molecular weight excluding hydrogens is 314 g/mol. The Morgan fingerprint density at radius 2 is 1.88 bits per heavy atom. The minimum absolute atomic E-state index is 0.155. The van der Waals surface area contributed by atoms with Gasteiger partial charge in [-0.25, -0.2) is 0 Å². The lowest BCUT2D eigenvalue weighted by atomic mass is 9.94. The van der Waals surface area contributed by atoms with E-state index in [1.165, 1.54) is 18.4 Å². The van der Waals surface area contributed by atoms with Crippen LogP contribution >= 0.6 is 0 Å². The summed E-state index contributed by atoms with van der Waals surface area (Å²) in [4.78, 5) is 14.6. The monoisotopic (exact) mass is 339 g/mol. The Kier molecular flexibility index (Phi) is 4.53. The minimum atomic E-state index is -0.233. The quantitative estimate of drug-likeness (QED) is 0.919. The number of hydrogen-bond acceptors (Lipinski definition) is 4. The lowest BCUT2D eigenvalue weighted by Crippen LogP contribution is -2.42. The highest BCUT2D eigenvalue weighted by atomic mass is 16.2. The summed E-state index contributed by atoms with van der Waals surface area (Å²) in [5.74, 6) is 2.67. The first kappa shape index (κ1) is 16.3. The molecule has 2 aliphatic rings. The van der Waals surface area contributed by atoms with Crippen LogP contribution in [0.3, 0.4) is 0 Å². The van der Waals surface area contributed by atoms with Crippen molar-refractivity contribution in [2.45, 2.75) is 38.3 Å². The van der Waals surface area contributed by atoms with Gasteiger partial charge in [0.2, 0.25) is 5.91 Å². The number of amides is 1. The second-order valence-electron chi connectivity index (χ2n) is 7.20. The Hall–Kier alpha value is -2.21. The molecule has 1 saturated heterocycles. The molecule has 0 aliphatic carbocycles. The van der Waals surface area contributed by atoms with Gasteiger partial charge in [-0.05, 0) is 37.4 Å². The van der Waals surface area contributed by atoms with Crippen LogP contribution in [0.4, 0.5) is 0 Å². The molecule has 1 amide bonds. The summed E-state index contributed by atoms with van der Waals surface area (Å²) >= 11 is 0. The third-order valence-electron chi connectivity index (χ3n) is 5.39. The molecule has 0 unspecified atom stereocenters. The van der Waals surface area contributed by atoms with Gasteiger partial charge >= 0.3 is 0 Å². The Labute approximate surface area is 148 Å². The van der Waals surface area contributed by atoms with E-state index in [0.29, 0.717) is 18.9 Å². The Morgan fingerprint density at radius 1 is 1.12 bits per heavy atom. The molecule has 4 rings (SSSR count). The highest BCUT2D eigenvalue weighted by Gasteiger charge is 2.34. The van der Waals surface area contributed by atoms with E-state index in [0.717, 1.165) is 31.2 Å². The molecule has 0 radical (unpaired) electrons. The number of piperidine rings is 1. The van der Waals surface area contributed by atoms with E-state index in [4.69, 9.17) is 0 Å². The molecule has 6 heteroatoms. The zero-order valence-electron chi connectivity index (χ0n) is 14.7. The van der Waals surface area contributed by atoms with Crippen LogP contribution in [0, 0.1) is 5.92 Å². The lowest BCUT2D eigenvalue weighted by Gasteiger charge is -2.32. The molecule has 132 valence electrons. The molecule has 0 bridgehead atoms. The number of fused-ring (bicyclic) bond motifs is 1. The van der Waals surface area contributed by atoms with Gasteiger partial charge in [0.1, 0.15) is 11.9 Å². The van der Waals surface area contributed by atoms with Gasteiger partial charge in [-0.1, -0.05) is 30.3 Å². The molecule has 1 aromatic heterocycles. The van der Waals surface area contributed by atoms with E-state index < -0.39 is 0 Å². The Morgan fingerprint density at radius 3 is 2.64 bits per heavy atom. The molecular formula is C19H25N5O. The number of aromatic nitrogens is 3. The lowest BCUT2D eigenvalue weighted by molar-refractivity contribution is -0.136. The van der Waals surface area contributed by atoms with Gasteiger partial charge in [-0.15, -0.1) is 10.2 Å². The Bertz CT molecular complexity index is 736. The number of rotatable bonds is 4. The topological polar surface area (TPSA) is 63.1 Å². The number of nitrogens with one attached hydrogen (secondary N) is 1. The maximum atomic E-state index is 12.9. The maximum Gasteiger partial charge on any atom is 0.246 e. The van der Waals surface area contributed by atoms with E-state index in [1.54, 1.807) is 4.90 Å². The van der Waals surface area contributed by atoms with Crippen LogP contribution in [0.5, 0.6) is 0 Å². The highest BCUT2D eigenvalue weighted by Crippen LogP contribution is 2.28. The van der Waals surface area contributed by atoms with Gasteiger partial charge < -0.3 is 14.8 Å². The van der Waals surface area contributed by atoms with Gasteiger partial charge in [0.25, 0.3) is 0 Å². The van der Waals surface area contributed by atoms with Gasteiger partial charge in [-0.3, -0.25) is 4.79 Å². The normalized spacial score (nSPS) is 21.4. The fourth-order valence-electron chi connectivity index (χ4n) is 3.98. The van der Waals surface area contributed by atoms with Crippen LogP contribution in [0.15, 0.2) is 30.3 Å². The number of nitrogens with zero attached hydrogens (tertiary/aromatic N) is 4. The molecule has 1 aromatic carbocycles. The summed E-state index contributed by atoms with van der Waals surface area (Å²) in [5, 5.41) is 12.3. The molecule has 6 nitrogen and oxygen atoms in total. The van der Waals surface area contributed by atoms with Crippen LogP contribution in [0.1, 0.15) is 36.1 Å².